The number of aliphatic carboxylic acids is 1. The summed E-state index contributed by atoms with van der Waals surface area (Å²) in [6.07, 6.45) is 22.8. The molecule has 0 bridgehead atoms. The van der Waals surface area contributed by atoms with Gasteiger partial charge in [-0.05, 0) is 98.9 Å². The maximum Gasteiger partial charge on any atom is 0.309 e. The fourth-order valence-corrected chi connectivity index (χ4v) is 8.93. The number of anilines is 1. The summed E-state index contributed by atoms with van der Waals surface area (Å²) in [5, 5.41) is 44.8. The lowest BCUT2D eigenvalue weighted by molar-refractivity contribution is -0.148. The molecule has 0 spiro atoms. The van der Waals surface area contributed by atoms with Gasteiger partial charge in [-0.2, -0.15) is 0 Å². The van der Waals surface area contributed by atoms with Gasteiger partial charge in [0.2, 0.25) is 0 Å². The summed E-state index contributed by atoms with van der Waals surface area (Å²) in [6.45, 7) is 2.21. The largest absolute Gasteiger partial charge is 0.481 e. The average Bonchev–Trinajstić information content (AvgIpc) is 3.65. The van der Waals surface area contributed by atoms with Gasteiger partial charge in [0.05, 0.1) is 23.7 Å². The van der Waals surface area contributed by atoms with Crippen LogP contribution in [0.2, 0.25) is 0 Å². The van der Waals surface area contributed by atoms with E-state index in [0.29, 0.717) is 37.4 Å². The van der Waals surface area contributed by atoms with Crippen molar-refractivity contribution >= 4 is 11.8 Å². The highest BCUT2D eigenvalue weighted by atomic mass is 16.4. The molecule has 3 aliphatic rings. The molecule has 0 aliphatic heterocycles. The van der Waals surface area contributed by atoms with Gasteiger partial charge in [0.15, 0.2) is 0 Å². The Labute approximate surface area is 280 Å². The van der Waals surface area contributed by atoms with Crippen LogP contribution in [0, 0.1) is 41.4 Å². The minimum absolute atomic E-state index is 0.0333. The zero-order chi connectivity index (χ0) is 33.4. The van der Waals surface area contributed by atoms with Crippen LogP contribution in [0.5, 0.6) is 0 Å². The molecular weight excluding hydrogens is 590 g/mol. The number of aliphatic hydroxyl groups excluding tert-OH is 2. The molecule has 7 N–H and O–H groups in total. The molecule has 2 aromatic rings. The summed E-state index contributed by atoms with van der Waals surface area (Å²) in [6, 6.07) is 7.87. The molecule has 2 heterocycles. The summed E-state index contributed by atoms with van der Waals surface area (Å²) in [5.41, 5.74) is 7.06. The van der Waals surface area contributed by atoms with Gasteiger partial charge < -0.3 is 31.1 Å². The zero-order valence-electron chi connectivity index (χ0n) is 28.1. The van der Waals surface area contributed by atoms with E-state index in [2.05, 4.69) is 35.1 Å². The third-order valence-electron chi connectivity index (χ3n) is 11.5. The van der Waals surface area contributed by atoms with E-state index >= 15 is 0 Å². The standard InChI is InChI=1S/C39H57N3O5/c1-2-3-5-9-26-13-14-28(35(43)21-26)10-6-4-7-12-33(38(45)46)37(44)29-15-16-34-30(20-27-17-19-42-36(40)22-27)23-31(39(34,47)25-29)24-32-11-8-18-41-32/h8,11,13-19,22,26,28-31,33-35,37,41,43-44,47H,2-7,9-10,12,20-21,23-25H2,1H3,(H2,40,42)(H,45,46)/t26-,28-,29-,30+,31+,33+,34+,35-,37-,39+/m1/s1. The SMILES string of the molecule is CCCCC[C@@H]1C=C[C@@H](CCCCC[C@H](C(=O)O)[C@H](O)[C@@H]2C=C[C@H]3[C@@H](Cc4ccnc(N)c4)C[C@@H](Cc4ccc[nH]4)[C@@]3(O)C2)[C@H](O)C1. The Hall–Kier alpha value is -2.94. The van der Waals surface area contributed by atoms with E-state index in [4.69, 9.17) is 5.73 Å². The van der Waals surface area contributed by atoms with Crippen molar-refractivity contribution in [1.82, 2.24) is 9.97 Å². The molecule has 1 saturated carbocycles. The molecule has 0 amide bonds. The number of aliphatic hydroxyl groups is 3. The highest BCUT2D eigenvalue weighted by Crippen LogP contribution is 2.54. The normalized spacial score (nSPS) is 31.4. The first kappa shape index (κ1) is 35.4. The third kappa shape index (κ3) is 8.95. The third-order valence-corrected chi connectivity index (χ3v) is 11.5. The van der Waals surface area contributed by atoms with Crippen LogP contribution in [-0.2, 0) is 17.6 Å². The van der Waals surface area contributed by atoms with Crippen molar-refractivity contribution in [2.75, 3.05) is 5.73 Å². The number of fused-ring (bicyclic) bond motifs is 1. The van der Waals surface area contributed by atoms with E-state index in [0.717, 1.165) is 56.2 Å². The van der Waals surface area contributed by atoms with Crippen LogP contribution in [0.1, 0.15) is 95.2 Å². The van der Waals surface area contributed by atoms with Crippen LogP contribution in [0.3, 0.4) is 0 Å². The summed E-state index contributed by atoms with van der Waals surface area (Å²) >= 11 is 0. The summed E-state index contributed by atoms with van der Waals surface area (Å²) < 4.78 is 0. The molecule has 2 aromatic heterocycles. The van der Waals surface area contributed by atoms with Crippen LogP contribution in [0.25, 0.3) is 0 Å². The van der Waals surface area contributed by atoms with E-state index < -0.39 is 29.5 Å². The number of hydrogen-bond donors (Lipinski definition) is 6. The second-order valence-electron chi connectivity index (χ2n) is 14.8. The van der Waals surface area contributed by atoms with Gasteiger partial charge in [0.1, 0.15) is 5.82 Å². The fraction of sp³-hybridized carbons (Fsp3) is 0.641. The number of pyridine rings is 1. The van der Waals surface area contributed by atoms with Crippen molar-refractivity contribution in [3.05, 3.63) is 72.2 Å². The average molecular weight is 648 g/mol. The summed E-state index contributed by atoms with van der Waals surface area (Å²) in [7, 11) is 0. The van der Waals surface area contributed by atoms with E-state index in [1.54, 1.807) is 6.20 Å². The molecule has 10 atom stereocenters. The number of nitrogens with two attached hydrogens (primary N) is 1. The Bertz CT molecular complexity index is 1330. The molecule has 8 heteroatoms. The van der Waals surface area contributed by atoms with Gasteiger partial charge in [-0.25, -0.2) is 4.98 Å². The molecule has 5 rings (SSSR count). The van der Waals surface area contributed by atoms with E-state index in [1.165, 1.54) is 19.3 Å². The molecule has 0 radical (unpaired) electrons. The Balaban J connectivity index is 1.17. The number of hydrogen-bond acceptors (Lipinski definition) is 6. The molecule has 8 nitrogen and oxygen atoms in total. The van der Waals surface area contributed by atoms with Crippen molar-refractivity contribution in [2.24, 2.45) is 41.4 Å². The molecule has 0 saturated heterocycles. The number of rotatable bonds is 17. The Morgan fingerprint density at radius 1 is 1.06 bits per heavy atom. The van der Waals surface area contributed by atoms with Crippen LogP contribution in [0.15, 0.2) is 61.0 Å². The maximum atomic E-state index is 12.4. The monoisotopic (exact) mass is 647 g/mol. The van der Waals surface area contributed by atoms with Crippen molar-refractivity contribution < 1.29 is 25.2 Å². The lowest BCUT2D eigenvalue weighted by atomic mass is 9.68. The smallest absolute Gasteiger partial charge is 0.309 e. The van der Waals surface area contributed by atoms with Crippen LogP contribution < -0.4 is 5.73 Å². The van der Waals surface area contributed by atoms with Gasteiger partial charge in [0, 0.05) is 35.8 Å². The minimum atomic E-state index is -1.08. The van der Waals surface area contributed by atoms with Crippen LogP contribution in [0.4, 0.5) is 5.82 Å². The van der Waals surface area contributed by atoms with E-state index in [1.807, 2.05) is 36.5 Å². The molecule has 0 unspecified atom stereocenters. The summed E-state index contributed by atoms with van der Waals surface area (Å²) in [4.78, 5) is 19.8. The van der Waals surface area contributed by atoms with E-state index in [9.17, 15) is 25.2 Å². The second-order valence-corrected chi connectivity index (χ2v) is 14.8. The highest BCUT2D eigenvalue weighted by molar-refractivity contribution is 5.70. The van der Waals surface area contributed by atoms with Gasteiger partial charge in [-0.3, -0.25) is 4.79 Å². The first-order valence-electron chi connectivity index (χ1n) is 18.2. The number of carboxylic acids is 1. The first-order valence-corrected chi connectivity index (χ1v) is 18.2. The minimum Gasteiger partial charge on any atom is -0.481 e. The number of nitrogens with zero attached hydrogens (tertiary/aromatic N) is 1. The van der Waals surface area contributed by atoms with Gasteiger partial charge >= 0.3 is 5.97 Å². The lowest BCUT2D eigenvalue weighted by Crippen LogP contribution is -2.48. The number of carbonyl (C=O) groups is 1. The first-order chi connectivity index (χ1) is 22.7. The highest BCUT2D eigenvalue weighted by Gasteiger charge is 2.55. The fourth-order valence-electron chi connectivity index (χ4n) is 8.93. The number of nitrogen functional groups attached to an aromatic ring is 1. The Kier molecular flexibility index (Phi) is 12.4. The number of aromatic amines is 1. The lowest BCUT2D eigenvalue weighted by Gasteiger charge is -2.42. The molecule has 258 valence electrons. The van der Waals surface area contributed by atoms with Gasteiger partial charge in [0.25, 0.3) is 0 Å². The van der Waals surface area contributed by atoms with Crippen molar-refractivity contribution in [3.8, 4) is 0 Å². The maximum absolute atomic E-state index is 12.4. The molecule has 3 aliphatic carbocycles. The Morgan fingerprint density at radius 2 is 1.89 bits per heavy atom. The second kappa shape index (κ2) is 16.4. The van der Waals surface area contributed by atoms with E-state index in [-0.39, 0.29) is 29.8 Å². The number of nitrogens with one attached hydrogen (secondary N) is 1. The number of carboxylic acid groups (broad SMARTS) is 1. The van der Waals surface area contributed by atoms with Crippen molar-refractivity contribution in [2.45, 2.75) is 115 Å². The van der Waals surface area contributed by atoms with Gasteiger partial charge in [-0.1, -0.05) is 69.8 Å². The summed E-state index contributed by atoms with van der Waals surface area (Å²) in [5.74, 6) is -1.13. The molecule has 0 aromatic carbocycles. The van der Waals surface area contributed by atoms with Gasteiger partial charge in [-0.15, -0.1) is 0 Å². The molecule has 1 fully saturated rings. The number of unbranched alkanes of at least 4 members (excludes halogenated alkanes) is 4. The molecule has 47 heavy (non-hydrogen) atoms. The molecular formula is C39H57N3O5. The quantitative estimate of drug-likeness (QED) is 0.0849. The van der Waals surface area contributed by atoms with Crippen molar-refractivity contribution in [1.29, 1.82) is 0 Å². The van der Waals surface area contributed by atoms with Crippen LogP contribution in [-0.4, -0.2) is 54.2 Å². The predicted octanol–water partition coefficient (Wildman–Crippen LogP) is 6.48. The Morgan fingerprint density at radius 3 is 2.62 bits per heavy atom. The zero-order valence-corrected chi connectivity index (χ0v) is 28.1. The topological polar surface area (TPSA) is 153 Å². The van der Waals surface area contributed by atoms with Crippen molar-refractivity contribution in [3.63, 3.8) is 0 Å². The number of aromatic nitrogens is 2. The number of H-pyrrole nitrogens is 1. The van der Waals surface area contributed by atoms with Crippen LogP contribution >= 0.6 is 0 Å². The predicted molar refractivity (Wildman–Crippen MR) is 185 cm³/mol. The number of allylic oxidation sites excluding steroid dienone is 1.